The fraction of sp³-hybridized carbons (Fsp3) is 0.450. The number of fused-ring (bicyclic) bond motifs is 1. The first-order valence-electron chi connectivity index (χ1n) is 9.46. The quantitative estimate of drug-likeness (QED) is 0.274. The zero-order valence-electron chi connectivity index (χ0n) is 16.7. The predicted octanol–water partition coefficient (Wildman–Crippen LogP) is -1.78. The number of benzene rings is 1. The van der Waals surface area contributed by atoms with Gasteiger partial charge in [-0.2, -0.15) is 0 Å². The Morgan fingerprint density at radius 3 is 2.83 bits per heavy atom. The number of aromatic nitrogens is 2. The van der Waals surface area contributed by atoms with Crippen molar-refractivity contribution in [2.24, 2.45) is 5.92 Å². The normalized spacial score (nSPS) is 20.6. The molecule has 2 aromatic rings. The van der Waals surface area contributed by atoms with E-state index in [2.05, 4.69) is 15.3 Å². The first-order chi connectivity index (χ1) is 13.9. The first kappa shape index (κ1) is 21.8. The van der Waals surface area contributed by atoms with Gasteiger partial charge in [-0.1, -0.05) is 0 Å². The molecule has 2 radical (unpaired) electrons. The standard InChI is InChI=1S/C20H25BIN4O3/c1-12(2)18-20(28)25-14(11-27)8-13-4-5-15(9-17(13)26(18)3)29-19(22-21)16-10-23-6-7-24-16/h4-7,9-10,12,14,18-19,27H,8,11H2,1-3H3,(H,25,28)/q-1/t14-,18-,19?/m0/s1. The van der Waals surface area contributed by atoms with Crippen LogP contribution in [-0.4, -0.2) is 52.4 Å². The Morgan fingerprint density at radius 1 is 1.41 bits per heavy atom. The number of carbonyl (C=O) groups excluding carboxylic acids is 1. The van der Waals surface area contributed by atoms with E-state index < -0.39 is 21.0 Å². The number of likely N-dealkylation sites (N-methyl/N-ethyl adjacent to an activating group) is 1. The molecule has 9 heteroatoms. The van der Waals surface area contributed by atoms with Gasteiger partial charge in [-0.3, -0.25) is 0 Å². The van der Waals surface area contributed by atoms with E-state index in [-0.39, 0.29) is 34.6 Å². The Labute approximate surface area is 182 Å². The van der Waals surface area contributed by atoms with Gasteiger partial charge in [0.05, 0.1) is 0 Å². The number of ether oxygens (including phenoxy) is 1. The molecule has 0 saturated carbocycles. The number of amides is 1. The van der Waals surface area contributed by atoms with Crippen LogP contribution in [-0.2, 0) is 11.2 Å². The zero-order chi connectivity index (χ0) is 21.0. The van der Waals surface area contributed by atoms with Crippen molar-refractivity contribution in [2.45, 2.75) is 36.5 Å². The molecule has 1 aliphatic heterocycles. The van der Waals surface area contributed by atoms with Crippen LogP contribution < -0.4 is 35.9 Å². The molecule has 0 bridgehead atoms. The molecule has 1 aliphatic rings. The van der Waals surface area contributed by atoms with Crippen molar-refractivity contribution in [1.82, 2.24) is 15.3 Å². The summed E-state index contributed by atoms with van der Waals surface area (Å²) in [5, 5.41) is 12.7. The minimum atomic E-state index is -0.769. The van der Waals surface area contributed by atoms with Gasteiger partial charge < -0.3 is 0 Å². The van der Waals surface area contributed by atoms with Crippen LogP contribution in [0.4, 0.5) is 5.69 Å². The van der Waals surface area contributed by atoms with Crippen molar-refractivity contribution < 1.29 is 35.6 Å². The molecular formula is C20H25BIN4O3-. The molecule has 1 aromatic carbocycles. The summed E-state index contributed by atoms with van der Waals surface area (Å²) < 4.78 is 5.85. The number of anilines is 1. The Morgan fingerprint density at radius 2 is 2.21 bits per heavy atom. The van der Waals surface area contributed by atoms with Gasteiger partial charge in [-0.05, 0) is 0 Å². The van der Waals surface area contributed by atoms with Crippen molar-refractivity contribution in [1.29, 1.82) is 0 Å². The van der Waals surface area contributed by atoms with Gasteiger partial charge in [0.2, 0.25) is 0 Å². The van der Waals surface area contributed by atoms with Crippen LogP contribution in [0.25, 0.3) is 0 Å². The van der Waals surface area contributed by atoms with Gasteiger partial charge >= 0.3 is 183 Å². The maximum atomic E-state index is 12.8. The summed E-state index contributed by atoms with van der Waals surface area (Å²) in [6.45, 7) is 3.92. The molecule has 29 heavy (non-hydrogen) atoms. The van der Waals surface area contributed by atoms with Gasteiger partial charge in [-0.15, -0.1) is 0 Å². The Balaban J connectivity index is 1.95. The molecule has 1 amide bonds. The number of hydrogen-bond donors (Lipinski definition) is 2. The van der Waals surface area contributed by atoms with E-state index >= 15 is 0 Å². The number of nitrogens with one attached hydrogen (secondary N) is 1. The van der Waals surface area contributed by atoms with Crippen LogP contribution in [0, 0.1) is 5.92 Å². The molecule has 3 rings (SSSR count). The number of nitrogens with zero attached hydrogens (tertiary/aromatic N) is 3. The maximum absolute atomic E-state index is 12.8. The van der Waals surface area contributed by atoms with Gasteiger partial charge in [0, 0.05) is 0 Å². The summed E-state index contributed by atoms with van der Waals surface area (Å²) in [6, 6.07) is 5.17. The van der Waals surface area contributed by atoms with E-state index in [4.69, 9.17) is 10.4 Å². The molecule has 1 aromatic heterocycles. The second-order valence-electron chi connectivity index (χ2n) is 7.37. The SMILES string of the molecule is [B][I-]C(Oc1ccc2c(c1)N(C)[C@@H](C(C)C)C(=O)N[C@H](CO)C2)c1cnccn1. The monoisotopic (exact) mass is 507 g/mol. The summed E-state index contributed by atoms with van der Waals surface area (Å²) in [4.78, 5) is 23.2. The third-order valence-corrected chi connectivity index (χ3v) is 6.50. The van der Waals surface area contributed by atoms with Crippen LogP contribution in [0.5, 0.6) is 5.75 Å². The third kappa shape index (κ3) is 5.00. The summed E-state index contributed by atoms with van der Waals surface area (Å²) in [5.41, 5.74) is 8.68. The van der Waals surface area contributed by atoms with E-state index in [9.17, 15) is 9.90 Å². The van der Waals surface area contributed by atoms with Crippen LogP contribution in [0.3, 0.4) is 0 Å². The summed E-state index contributed by atoms with van der Waals surface area (Å²) in [5.74, 6) is 0.682. The second-order valence-corrected chi connectivity index (χ2v) is 9.22. The van der Waals surface area contributed by atoms with Crippen LogP contribution in [0.15, 0.2) is 36.8 Å². The van der Waals surface area contributed by atoms with E-state index in [0.717, 1.165) is 11.3 Å². The van der Waals surface area contributed by atoms with Crippen molar-refractivity contribution in [3.63, 3.8) is 0 Å². The van der Waals surface area contributed by atoms with Crippen LogP contribution >= 0.6 is 0 Å². The van der Waals surface area contributed by atoms with Crippen molar-refractivity contribution >= 4 is 17.3 Å². The van der Waals surface area contributed by atoms with Gasteiger partial charge in [0.15, 0.2) is 0 Å². The van der Waals surface area contributed by atoms with Gasteiger partial charge in [0.25, 0.3) is 0 Å². The zero-order valence-corrected chi connectivity index (χ0v) is 18.9. The average molecular weight is 507 g/mol. The Hall–Kier alpha value is -1.88. The number of rotatable bonds is 6. The van der Waals surface area contributed by atoms with Gasteiger partial charge in [-0.25, -0.2) is 0 Å². The minimum absolute atomic E-state index is 0.0798. The van der Waals surface area contributed by atoms with Crippen molar-refractivity contribution in [2.75, 3.05) is 18.6 Å². The molecule has 2 N–H and O–H groups in total. The second kappa shape index (κ2) is 9.75. The van der Waals surface area contributed by atoms with Crippen molar-refractivity contribution in [3.8, 4) is 5.75 Å². The van der Waals surface area contributed by atoms with E-state index in [1.807, 2.05) is 44.0 Å². The number of aliphatic hydroxyl groups is 1. The van der Waals surface area contributed by atoms with E-state index in [1.54, 1.807) is 18.6 Å². The number of hydrogen-bond acceptors (Lipinski definition) is 6. The summed E-state index contributed by atoms with van der Waals surface area (Å²) in [6.07, 6.45) is 5.46. The molecule has 2 heterocycles. The molecule has 1 unspecified atom stereocenters. The Kier molecular flexibility index (Phi) is 7.34. The average Bonchev–Trinajstić information content (AvgIpc) is 2.71. The predicted molar refractivity (Wildman–Crippen MR) is 107 cm³/mol. The topological polar surface area (TPSA) is 87.6 Å². The summed E-state index contributed by atoms with van der Waals surface area (Å²) in [7, 11) is 1.92. The summed E-state index contributed by atoms with van der Waals surface area (Å²) >= 11 is -0.769. The molecular weight excluding hydrogens is 482 g/mol. The van der Waals surface area contributed by atoms with E-state index in [0.29, 0.717) is 17.9 Å². The van der Waals surface area contributed by atoms with Crippen molar-refractivity contribution in [3.05, 3.63) is 48.0 Å². The first-order valence-corrected chi connectivity index (χ1v) is 11.9. The number of alkyl halides is 1. The molecule has 3 atom stereocenters. The fourth-order valence-electron chi connectivity index (χ4n) is 3.60. The van der Waals surface area contributed by atoms with Crippen LogP contribution in [0.1, 0.15) is 29.2 Å². The van der Waals surface area contributed by atoms with E-state index in [1.165, 1.54) is 0 Å². The molecule has 154 valence electrons. The molecule has 0 saturated heterocycles. The molecule has 0 spiro atoms. The molecule has 0 aliphatic carbocycles. The van der Waals surface area contributed by atoms with Gasteiger partial charge in [0.1, 0.15) is 0 Å². The Bertz CT molecular complexity index is 840. The molecule has 0 fully saturated rings. The molecule has 7 nitrogen and oxygen atoms in total. The number of aliphatic hydroxyl groups excluding tert-OH is 1. The fourth-order valence-corrected chi connectivity index (χ4v) is 4.74. The number of halogens is 1. The van der Waals surface area contributed by atoms with Crippen LogP contribution in [0.2, 0.25) is 0 Å². The number of carbonyl (C=O) groups is 1. The third-order valence-electron chi connectivity index (χ3n) is 4.96.